The number of carbonyl (C=O) groups is 1. The molecule has 2 aromatic rings. The maximum atomic E-state index is 13.1. The molecule has 4 rings (SSSR count). The second-order valence-corrected chi connectivity index (χ2v) is 14.4. The summed E-state index contributed by atoms with van der Waals surface area (Å²) < 4.78 is 26.0. The van der Waals surface area contributed by atoms with E-state index in [0.717, 1.165) is 29.8 Å². The second-order valence-electron chi connectivity index (χ2n) is 10.8. The van der Waals surface area contributed by atoms with Crippen LogP contribution in [0.3, 0.4) is 0 Å². The summed E-state index contributed by atoms with van der Waals surface area (Å²) in [6.45, 7) is 11.6. The first-order chi connectivity index (χ1) is 16.9. The molecule has 2 aliphatic carbocycles. The summed E-state index contributed by atoms with van der Waals surface area (Å²) in [7, 11) is -3.54. The normalized spacial score (nSPS) is 28.8. The van der Waals surface area contributed by atoms with E-state index in [1.165, 1.54) is 23.5 Å². The predicted molar refractivity (Wildman–Crippen MR) is 144 cm³/mol. The summed E-state index contributed by atoms with van der Waals surface area (Å²) >= 11 is 7.40. The number of benzene rings is 1. The number of hydrogen-bond donors (Lipinski definition) is 1. The molecule has 0 saturated heterocycles. The molecule has 1 amide bonds. The second kappa shape index (κ2) is 10.4. The highest BCUT2D eigenvalue weighted by atomic mass is 35.5. The molecule has 6 nitrogen and oxygen atoms in total. The summed E-state index contributed by atoms with van der Waals surface area (Å²) in [6.07, 6.45) is 1.90. The quantitative estimate of drug-likeness (QED) is 0.502. The number of carbonyl (C=O) groups excluding carboxylic acids is 1. The van der Waals surface area contributed by atoms with Crippen LogP contribution >= 0.6 is 22.9 Å². The Bertz CT molecular complexity index is 1210. The molecule has 6 atom stereocenters. The largest absolute Gasteiger partial charge is 0.392 e. The monoisotopic (exact) mass is 552 g/mol. The molecule has 1 N–H and O–H groups in total. The van der Waals surface area contributed by atoms with Crippen molar-refractivity contribution in [2.75, 3.05) is 13.1 Å². The predicted octanol–water partition coefficient (Wildman–Crippen LogP) is 5.33. The lowest BCUT2D eigenvalue weighted by Gasteiger charge is -2.53. The molecule has 1 heterocycles. The SMILES string of the molecule is CCN(CC)C(=O)[C@@H](C)[C@@H]1CC[C@@]2(C)Cc3sc(CS(=O)(=O)c4ccc(Cl)cc4)nc3[C@@H](C)[C@@H]2[C@H]1O. The first kappa shape index (κ1) is 27.6. The summed E-state index contributed by atoms with van der Waals surface area (Å²) in [4.78, 5) is 21.1. The Morgan fingerprint density at radius 2 is 1.92 bits per heavy atom. The zero-order valence-corrected chi connectivity index (χ0v) is 24.1. The average Bonchev–Trinajstić information content (AvgIpc) is 3.20. The van der Waals surface area contributed by atoms with Gasteiger partial charge < -0.3 is 10.0 Å². The van der Waals surface area contributed by atoms with Crippen molar-refractivity contribution >= 4 is 38.7 Å². The number of aliphatic hydroxyl groups is 1. The molecule has 0 aliphatic heterocycles. The number of fused-ring (bicyclic) bond motifs is 2. The Balaban J connectivity index is 1.58. The van der Waals surface area contributed by atoms with Crippen LogP contribution in [0.5, 0.6) is 0 Å². The Labute approximate surface area is 224 Å². The minimum atomic E-state index is -3.54. The molecule has 1 aromatic heterocycles. The smallest absolute Gasteiger partial charge is 0.225 e. The average molecular weight is 553 g/mol. The number of rotatable bonds is 7. The number of aliphatic hydroxyl groups excluding tert-OH is 1. The van der Waals surface area contributed by atoms with Crippen molar-refractivity contribution in [2.24, 2.45) is 23.2 Å². The minimum absolute atomic E-state index is 0.0180. The van der Waals surface area contributed by atoms with Crippen molar-refractivity contribution in [2.45, 2.75) is 76.6 Å². The number of halogens is 1. The van der Waals surface area contributed by atoms with E-state index >= 15 is 0 Å². The molecular formula is C27H37ClN2O4S2. The van der Waals surface area contributed by atoms with Gasteiger partial charge in [-0.25, -0.2) is 13.4 Å². The van der Waals surface area contributed by atoms with Gasteiger partial charge in [0.25, 0.3) is 0 Å². The topological polar surface area (TPSA) is 87.6 Å². The van der Waals surface area contributed by atoms with Crippen molar-refractivity contribution in [3.63, 3.8) is 0 Å². The third kappa shape index (κ3) is 4.98. The Hall–Kier alpha value is -1.48. The van der Waals surface area contributed by atoms with Crippen LogP contribution in [0.1, 0.15) is 69.0 Å². The van der Waals surface area contributed by atoms with Gasteiger partial charge in [-0.05, 0) is 74.6 Å². The van der Waals surface area contributed by atoms with E-state index in [0.29, 0.717) is 23.1 Å². The zero-order chi connectivity index (χ0) is 26.4. The van der Waals surface area contributed by atoms with Gasteiger partial charge in [-0.15, -0.1) is 11.3 Å². The Morgan fingerprint density at radius 3 is 2.53 bits per heavy atom. The summed E-state index contributed by atoms with van der Waals surface area (Å²) in [5.41, 5.74) is 0.797. The van der Waals surface area contributed by atoms with Crippen LogP contribution in [-0.2, 0) is 26.8 Å². The van der Waals surface area contributed by atoms with Crippen LogP contribution in [0.25, 0.3) is 0 Å². The lowest BCUT2D eigenvalue weighted by molar-refractivity contribution is -0.144. The van der Waals surface area contributed by atoms with Gasteiger partial charge in [-0.3, -0.25) is 4.79 Å². The van der Waals surface area contributed by atoms with E-state index in [4.69, 9.17) is 16.6 Å². The molecule has 0 spiro atoms. The fourth-order valence-corrected chi connectivity index (χ4v) is 9.65. The third-order valence-electron chi connectivity index (χ3n) is 8.56. The van der Waals surface area contributed by atoms with Crippen molar-refractivity contribution in [1.29, 1.82) is 0 Å². The van der Waals surface area contributed by atoms with Crippen molar-refractivity contribution < 1.29 is 18.3 Å². The summed E-state index contributed by atoms with van der Waals surface area (Å²) in [6, 6.07) is 6.22. The minimum Gasteiger partial charge on any atom is -0.392 e. The molecular weight excluding hydrogens is 516 g/mol. The molecule has 198 valence electrons. The van der Waals surface area contributed by atoms with Gasteiger partial charge in [0, 0.05) is 34.8 Å². The number of thiazole rings is 1. The van der Waals surface area contributed by atoms with Gasteiger partial charge in [0.2, 0.25) is 5.91 Å². The molecule has 0 bridgehead atoms. The Morgan fingerprint density at radius 1 is 1.28 bits per heavy atom. The van der Waals surface area contributed by atoms with E-state index in [1.54, 1.807) is 12.1 Å². The first-order valence-electron chi connectivity index (χ1n) is 12.9. The van der Waals surface area contributed by atoms with Crippen molar-refractivity contribution in [3.8, 4) is 0 Å². The fourth-order valence-electron chi connectivity index (χ4n) is 6.55. The zero-order valence-electron chi connectivity index (χ0n) is 21.7. The number of hydrogen-bond acceptors (Lipinski definition) is 6. The lowest BCUT2D eigenvalue weighted by atomic mass is 9.53. The summed E-state index contributed by atoms with van der Waals surface area (Å²) in [5.74, 6) is -0.424. The van der Waals surface area contributed by atoms with E-state index in [9.17, 15) is 18.3 Å². The molecule has 2 aliphatic rings. The van der Waals surface area contributed by atoms with Gasteiger partial charge in [-0.2, -0.15) is 0 Å². The van der Waals surface area contributed by atoms with E-state index < -0.39 is 15.9 Å². The van der Waals surface area contributed by atoms with E-state index in [1.807, 2.05) is 25.7 Å². The number of amides is 1. The number of nitrogens with zero attached hydrogens (tertiary/aromatic N) is 2. The molecule has 1 saturated carbocycles. The molecule has 36 heavy (non-hydrogen) atoms. The van der Waals surface area contributed by atoms with Crippen molar-refractivity contribution in [3.05, 3.63) is 44.9 Å². The van der Waals surface area contributed by atoms with Gasteiger partial charge in [0.1, 0.15) is 10.8 Å². The molecule has 0 radical (unpaired) electrons. The van der Waals surface area contributed by atoms with E-state index in [-0.39, 0.29) is 45.6 Å². The van der Waals surface area contributed by atoms with Crippen LogP contribution in [0, 0.1) is 23.2 Å². The van der Waals surface area contributed by atoms with Gasteiger partial charge in [0.15, 0.2) is 9.84 Å². The van der Waals surface area contributed by atoms with Gasteiger partial charge >= 0.3 is 0 Å². The summed E-state index contributed by atoms with van der Waals surface area (Å²) in [5, 5.41) is 12.7. The molecule has 1 aromatic carbocycles. The maximum Gasteiger partial charge on any atom is 0.225 e. The van der Waals surface area contributed by atoms with Crippen LogP contribution in [0.4, 0.5) is 0 Å². The van der Waals surface area contributed by atoms with Crippen LogP contribution in [0.15, 0.2) is 29.2 Å². The lowest BCUT2D eigenvalue weighted by Crippen LogP contribution is -2.53. The molecule has 0 unspecified atom stereocenters. The highest BCUT2D eigenvalue weighted by molar-refractivity contribution is 7.90. The standard InChI is InChI=1S/C27H37ClN2O4S2/c1-6-30(7-2)26(32)16(3)20-12-13-27(5)14-21-24(17(4)23(27)25(20)31)29-22(35-21)15-36(33,34)19-10-8-18(28)9-11-19/h8-11,16-17,20,23,25,31H,6-7,12-15H2,1-5H3/t16-,17-,20-,23+,25-,27-/m0/s1. The van der Waals surface area contributed by atoms with Crippen molar-refractivity contribution in [1.82, 2.24) is 9.88 Å². The third-order valence-corrected chi connectivity index (χ3v) is 11.7. The van der Waals surface area contributed by atoms with Crippen LogP contribution < -0.4 is 0 Å². The van der Waals surface area contributed by atoms with Gasteiger partial charge in [-0.1, -0.05) is 32.4 Å². The molecule has 1 fully saturated rings. The Kier molecular flexibility index (Phi) is 7.92. The van der Waals surface area contributed by atoms with Crippen LogP contribution in [-0.4, -0.2) is 48.5 Å². The van der Waals surface area contributed by atoms with Crippen LogP contribution in [0.2, 0.25) is 5.02 Å². The van der Waals surface area contributed by atoms with Gasteiger partial charge in [0.05, 0.1) is 16.7 Å². The number of sulfone groups is 1. The van der Waals surface area contributed by atoms with E-state index in [2.05, 4.69) is 13.8 Å². The maximum absolute atomic E-state index is 13.1. The number of aromatic nitrogens is 1. The fraction of sp³-hybridized carbons (Fsp3) is 0.630. The molecule has 9 heteroatoms. The highest BCUT2D eigenvalue weighted by Crippen LogP contribution is 2.57. The first-order valence-corrected chi connectivity index (χ1v) is 15.7. The highest BCUT2D eigenvalue weighted by Gasteiger charge is 2.54.